The first-order valence-corrected chi connectivity index (χ1v) is 12.0. The zero-order chi connectivity index (χ0) is 23.5. The molecule has 5 rings (SSSR count). The summed E-state index contributed by atoms with van der Waals surface area (Å²) in [6.07, 6.45) is 5.35. The molecule has 0 N–H and O–H groups in total. The van der Waals surface area contributed by atoms with E-state index in [1.165, 1.54) is 5.69 Å². The molecule has 1 saturated heterocycles. The standard InChI is InChI=1S/C27H31N5O2/c1-20-9-10-23-21(17-20)26-22(18-28-23)27(33)32(19-29-26)12-6-5-11-30-13-15-31(16-14-30)24-7-3-4-8-25(24)34-2/h3-4,7-10,17-19H,5-6,11-16H2,1-2H3. The number of ether oxygens (including phenoxy) is 1. The molecule has 0 saturated carbocycles. The van der Waals surface area contributed by atoms with Crippen LogP contribution in [0.15, 0.2) is 59.8 Å². The molecule has 4 aromatic rings. The van der Waals surface area contributed by atoms with Gasteiger partial charge in [0.1, 0.15) is 5.75 Å². The molecule has 3 heterocycles. The Labute approximate surface area is 199 Å². The van der Waals surface area contributed by atoms with Gasteiger partial charge in [0.15, 0.2) is 0 Å². The second kappa shape index (κ2) is 9.81. The number of nitrogens with zero attached hydrogens (tertiary/aromatic N) is 5. The zero-order valence-electron chi connectivity index (χ0n) is 19.9. The molecule has 0 amide bonds. The maximum Gasteiger partial charge on any atom is 0.262 e. The molecular formula is C27H31N5O2. The van der Waals surface area contributed by atoms with Gasteiger partial charge in [0.2, 0.25) is 0 Å². The van der Waals surface area contributed by atoms with Gasteiger partial charge in [0.05, 0.1) is 35.5 Å². The van der Waals surface area contributed by atoms with E-state index in [4.69, 9.17) is 4.74 Å². The number of fused-ring (bicyclic) bond motifs is 3. The summed E-state index contributed by atoms with van der Waals surface area (Å²) in [5.74, 6) is 0.934. The third-order valence-electron chi connectivity index (χ3n) is 6.73. The van der Waals surface area contributed by atoms with E-state index in [0.29, 0.717) is 11.9 Å². The van der Waals surface area contributed by atoms with Crippen LogP contribution in [0, 0.1) is 6.92 Å². The van der Waals surface area contributed by atoms with E-state index in [1.54, 1.807) is 24.2 Å². The monoisotopic (exact) mass is 457 g/mol. The minimum Gasteiger partial charge on any atom is -0.495 e. The van der Waals surface area contributed by atoms with Gasteiger partial charge in [-0.1, -0.05) is 23.8 Å². The molecule has 0 bridgehead atoms. The minimum atomic E-state index is -0.00803. The summed E-state index contributed by atoms with van der Waals surface area (Å²) in [5.41, 5.74) is 3.91. The largest absolute Gasteiger partial charge is 0.495 e. The quantitative estimate of drug-likeness (QED) is 0.310. The first-order chi connectivity index (χ1) is 16.6. The van der Waals surface area contributed by atoms with Crippen LogP contribution in [0.25, 0.3) is 21.8 Å². The van der Waals surface area contributed by atoms with E-state index < -0.39 is 0 Å². The molecular weight excluding hydrogens is 426 g/mol. The highest BCUT2D eigenvalue weighted by molar-refractivity contribution is 6.02. The zero-order valence-corrected chi connectivity index (χ0v) is 19.9. The topological polar surface area (TPSA) is 63.5 Å². The van der Waals surface area contributed by atoms with Crippen LogP contribution < -0.4 is 15.2 Å². The predicted molar refractivity (Wildman–Crippen MR) is 137 cm³/mol. The van der Waals surface area contributed by atoms with E-state index in [1.807, 2.05) is 31.2 Å². The van der Waals surface area contributed by atoms with Gasteiger partial charge in [0.25, 0.3) is 5.56 Å². The molecule has 7 heteroatoms. The molecule has 2 aromatic heterocycles. The van der Waals surface area contributed by atoms with Crippen molar-refractivity contribution >= 4 is 27.5 Å². The van der Waals surface area contributed by atoms with E-state index in [0.717, 1.165) is 73.3 Å². The number of hydrogen-bond acceptors (Lipinski definition) is 6. The van der Waals surface area contributed by atoms with Gasteiger partial charge in [-0.25, -0.2) is 4.98 Å². The molecule has 0 radical (unpaired) electrons. The second-order valence-corrected chi connectivity index (χ2v) is 8.99. The summed E-state index contributed by atoms with van der Waals surface area (Å²) in [4.78, 5) is 27.0. The number of methoxy groups -OCH3 is 1. The van der Waals surface area contributed by atoms with Gasteiger partial charge >= 0.3 is 0 Å². The lowest BCUT2D eigenvalue weighted by Gasteiger charge is -2.36. The van der Waals surface area contributed by atoms with Gasteiger partial charge in [-0.05, 0) is 50.6 Å². The summed E-state index contributed by atoms with van der Waals surface area (Å²) < 4.78 is 7.24. The van der Waals surface area contributed by atoms with Crippen molar-refractivity contribution in [1.82, 2.24) is 19.4 Å². The normalized spacial score (nSPS) is 14.7. The van der Waals surface area contributed by atoms with E-state index in [2.05, 4.69) is 38.0 Å². The molecule has 7 nitrogen and oxygen atoms in total. The molecule has 176 valence electrons. The average molecular weight is 458 g/mol. The van der Waals surface area contributed by atoms with Crippen molar-refractivity contribution in [1.29, 1.82) is 0 Å². The molecule has 0 unspecified atom stereocenters. The Bertz CT molecular complexity index is 1360. The Hall–Kier alpha value is -3.45. The number of hydrogen-bond donors (Lipinski definition) is 0. The van der Waals surface area contributed by atoms with Gasteiger partial charge in [0, 0.05) is 44.3 Å². The number of benzene rings is 2. The Balaban J connectivity index is 1.16. The fourth-order valence-electron chi connectivity index (χ4n) is 4.80. The summed E-state index contributed by atoms with van der Waals surface area (Å²) >= 11 is 0. The average Bonchev–Trinajstić information content (AvgIpc) is 2.88. The highest BCUT2D eigenvalue weighted by Crippen LogP contribution is 2.28. The molecule has 34 heavy (non-hydrogen) atoms. The number of aryl methyl sites for hydroxylation is 2. The number of rotatable bonds is 7. The van der Waals surface area contributed by atoms with Gasteiger partial charge < -0.3 is 9.64 Å². The predicted octanol–water partition coefficient (Wildman–Crippen LogP) is 3.86. The van der Waals surface area contributed by atoms with Gasteiger partial charge in [-0.2, -0.15) is 0 Å². The number of unbranched alkanes of at least 4 members (excludes halogenated alkanes) is 1. The van der Waals surface area contributed by atoms with Crippen molar-refractivity contribution in [2.45, 2.75) is 26.3 Å². The van der Waals surface area contributed by atoms with E-state index in [-0.39, 0.29) is 5.56 Å². The third kappa shape index (κ3) is 4.48. The summed E-state index contributed by atoms with van der Waals surface area (Å²) in [7, 11) is 1.73. The minimum absolute atomic E-state index is 0.00803. The van der Waals surface area contributed by atoms with Crippen molar-refractivity contribution in [2.24, 2.45) is 0 Å². The number of aromatic nitrogens is 3. The van der Waals surface area contributed by atoms with Crippen LogP contribution in [-0.2, 0) is 6.54 Å². The van der Waals surface area contributed by atoms with Crippen LogP contribution >= 0.6 is 0 Å². The summed E-state index contributed by atoms with van der Waals surface area (Å²) in [6.45, 7) is 7.82. The highest BCUT2D eigenvalue weighted by Gasteiger charge is 2.19. The molecule has 0 spiro atoms. The Kier molecular flexibility index (Phi) is 6.45. The molecule has 0 atom stereocenters. The fraction of sp³-hybridized carbons (Fsp3) is 0.370. The van der Waals surface area contributed by atoms with Crippen molar-refractivity contribution in [2.75, 3.05) is 44.7 Å². The third-order valence-corrected chi connectivity index (χ3v) is 6.73. The van der Waals surface area contributed by atoms with Crippen molar-refractivity contribution in [3.05, 3.63) is 70.9 Å². The Morgan fingerprint density at radius 1 is 0.941 bits per heavy atom. The first-order valence-electron chi connectivity index (χ1n) is 12.0. The molecule has 1 fully saturated rings. The van der Waals surface area contributed by atoms with Crippen LogP contribution in [0.1, 0.15) is 18.4 Å². The van der Waals surface area contributed by atoms with Gasteiger partial charge in [-0.15, -0.1) is 0 Å². The number of anilines is 1. The SMILES string of the molecule is COc1ccccc1N1CCN(CCCCn2cnc3c(cnc4ccc(C)cc43)c2=O)CC1. The fourth-order valence-corrected chi connectivity index (χ4v) is 4.80. The van der Waals surface area contributed by atoms with Crippen LogP contribution in [0.5, 0.6) is 5.75 Å². The van der Waals surface area contributed by atoms with Crippen LogP contribution in [0.4, 0.5) is 5.69 Å². The smallest absolute Gasteiger partial charge is 0.262 e. The molecule has 1 aliphatic rings. The van der Waals surface area contributed by atoms with Crippen LogP contribution in [-0.4, -0.2) is 59.3 Å². The Morgan fingerprint density at radius 3 is 2.56 bits per heavy atom. The van der Waals surface area contributed by atoms with E-state index in [9.17, 15) is 4.79 Å². The summed E-state index contributed by atoms with van der Waals surface area (Å²) in [5, 5.41) is 1.53. The highest BCUT2D eigenvalue weighted by atomic mass is 16.5. The lowest BCUT2D eigenvalue weighted by atomic mass is 10.1. The number of para-hydroxylation sites is 2. The second-order valence-electron chi connectivity index (χ2n) is 8.99. The first kappa shape index (κ1) is 22.3. The molecule has 0 aliphatic carbocycles. The molecule has 1 aliphatic heterocycles. The number of piperazine rings is 1. The van der Waals surface area contributed by atoms with E-state index >= 15 is 0 Å². The number of pyridine rings is 1. The maximum absolute atomic E-state index is 13.0. The van der Waals surface area contributed by atoms with Gasteiger partial charge in [-0.3, -0.25) is 19.2 Å². The lowest BCUT2D eigenvalue weighted by molar-refractivity contribution is 0.250. The lowest BCUT2D eigenvalue weighted by Crippen LogP contribution is -2.46. The van der Waals surface area contributed by atoms with Crippen molar-refractivity contribution in [3.8, 4) is 5.75 Å². The maximum atomic E-state index is 13.0. The van der Waals surface area contributed by atoms with Crippen molar-refractivity contribution in [3.63, 3.8) is 0 Å². The summed E-state index contributed by atoms with van der Waals surface area (Å²) in [6, 6.07) is 14.3. The van der Waals surface area contributed by atoms with Crippen molar-refractivity contribution < 1.29 is 4.74 Å². The van der Waals surface area contributed by atoms with Crippen LogP contribution in [0.2, 0.25) is 0 Å². The molecule has 2 aromatic carbocycles. The Morgan fingerprint density at radius 2 is 1.74 bits per heavy atom. The van der Waals surface area contributed by atoms with Crippen LogP contribution in [0.3, 0.4) is 0 Å².